The van der Waals surface area contributed by atoms with Crippen LogP contribution in [0.15, 0.2) is 60.0 Å². The molecule has 6 nitrogen and oxygen atoms in total. The van der Waals surface area contributed by atoms with E-state index in [1.54, 1.807) is 16.3 Å². The van der Waals surface area contributed by atoms with Crippen molar-refractivity contribution in [1.82, 2.24) is 14.8 Å². The van der Waals surface area contributed by atoms with Crippen LogP contribution >= 0.6 is 11.3 Å². The fourth-order valence-corrected chi connectivity index (χ4v) is 6.20. The number of aldehydes is 1. The molecular formula is C28H29F3N4O2S. The molecule has 0 spiro atoms. The quantitative estimate of drug-likeness (QED) is 0.399. The van der Waals surface area contributed by atoms with Crippen LogP contribution in [0.4, 0.5) is 18.9 Å². The number of piperazine rings is 1. The number of nitrogens with zero attached hydrogens (tertiary/aromatic N) is 4. The lowest BCUT2D eigenvalue weighted by atomic mass is 9.95. The number of halogens is 3. The van der Waals surface area contributed by atoms with Gasteiger partial charge in [-0.05, 0) is 49.7 Å². The van der Waals surface area contributed by atoms with Crippen LogP contribution in [-0.4, -0.2) is 66.2 Å². The van der Waals surface area contributed by atoms with Crippen LogP contribution in [0.2, 0.25) is 0 Å². The number of benzene rings is 2. The van der Waals surface area contributed by atoms with Crippen molar-refractivity contribution >= 4 is 29.2 Å². The summed E-state index contributed by atoms with van der Waals surface area (Å²) in [4.78, 5) is 35.4. The number of carbonyl (C=O) groups excluding carboxylic acids is 2. The minimum Gasteiger partial charge on any atom is -0.368 e. The Morgan fingerprint density at radius 2 is 1.68 bits per heavy atom. The summed E-state index contributed by atoms with van der Waals surface area (Å²) in [6.07, 6.45) is -1.64. The van der Waals surface area contributed by atoms with E-state index in [0.717, 1.165) is 54.9 Å². The standard InChI is InChI=1S/C28H29F3N4O2S/c29-28(30,31)22-7-4-8-23(17-22)33-13-15-35(16-14-33)27(37)24-19-38-26(32-24)21-9-11-34(12-10-21)25(18-36)20-5-2-1-3-6-20/h1-8,17-19,21,25H,9-16H2. The van der Waals surface area contributed by atoms with Gasteiger partial charge in [0.25, 0.3) is 5.91 Å². The number of hydrogen-bond acceptors (Lipinski definition) is 6. The van der Waals surface area contributed by atoms with Gasteiger partial charge in [-0.1, -0.05) is 36.4 Å². The molecule has 2 saturated heterocycles. The van der Waals surface area contributed by atoms with E-state index < -0.39 is 11.7 Å². The Bertz CT molecular complexity index is 1250. The Kier molecular flexibility index (Phi) is 7.80. The summed E-state index contributed by atoms with van der Waals surface area (Å²) < 4.78 is 39.2. The van der Waals surface area contributed by atoms with Crippen LogP contribution in [-0.2, 0) is 11.0 Å². The van der Waals surface area contributed by atoms with Crippen molar-refractivity contribution in [3.63, 3.8) is 0 Å². The predicted molar refractivity (Wildman–Crippen MR) is 140 cm³/mol. The minimum atomic E-state index is -4.38. The second-order valence-corrected chi connectivity index (χ2v) is 10.6. The second-order valence-electron chi connectivity index (χ2n) is 9.70. The van der Waals surface area contributed by atoms with Crippen molar-refractivity contribution in [3.8, 4) is 0 Å². The SMILES string of the molecule is O=CC(c1ccccc1)N1CCC(c2nc(C(=O)N3CCN(c4cccc(C(F)(F)F)c4)CC3)cs2)CC1. The molecule has 2 aromatic carbocycles. The average Bonchev–Trinajstić information content (AvgIpc) is 3.44. The number of hydrogen-bond donors (Lipinski definition) is 0. The van der Waals surface area contributed by atoms with Crippen molar-refractivity contribution in [2.45, 2.75) is 31.0 Å². The number of alkyl halides is 3. The summed E-state index contributed by atoms with van der Waals surface area (Å²) in [5, 5.41) is 2.75. The second kappa shape index (κ2) is 11.2. The summed E-state index contributed by atoms with van der Waals surface area (Å²) in [6.45, 7) is 3.33. The maximum Gasteiger partial charge on any atom is 0.416 e. The van der Waals surface area contributed by atoms with Gasteiger partial charge >= 0.3 is 6.18 Å². The monoisotopic (exact) mass is 542 g/mol. The molecule has 0 N–H and O–H groups in total. The summed E-state index contributed by atoms with van der Waals surface area (Å²) in [5.74, 6) is 0.109. The largest absolute Gasteiger partial charge is 0.416 e. The third-order valence-corrected chi connectivity index (χ3v) is 8.40. The van der Waals surface area contributed by atoms with Crippen LogP contribution in [0.3, 0.4) is 0 Å². The van der Waals surface area contributed by atoms with Gasteiger partial charge in [0.2, 0.25) is 0 Å². The zero-order valence-electron chi connectivity index (χ0n) is 20.8. The number of piperidine rings is 1. The predicted octanol–water partition coefficient (Wildman–Crippen LogP) is 5.24. The zero-order chi connectivity index (χ0) is 26.7. The van der Waals surface area contributed by atoms with Gasteiger partial charge in [0.1, 0.15) is 12.0 Å². The number of amides is 1. The van der Waals surface area contributed by atoms with E-state index >= 15 is 0 Å². The number of likely N-dealkylation sites (tertiary alicyclic amines) is 1. The van der Waals surface area contributed by atoms with Crippen molar-refractivity contribution in [2.75, 3.05) is 44.2 Å². The smallest absolute Gasteiger partial charge is 0.368 e. The molecule has 3 heterocycles. The van der Waals surface area contributed by atoms with Gasteiger partial charge in [0.15, 0.2) is 0 Å². The molecular weight excluding hydrogens is 513 g/mol. The molecule has 0 radical (unpaired) electrons. The molecule has 10 heteroatoms. The minimum absolute atomic E-state index is 0.140. The molecule has 1 unspecified atom stereocenters. The van der Waals surface area contributed by atoms with Crippen LogP contribution in [0, 0.1) is 0 Å². The molecule has 2 aliphatic rings. The number of rotatable bonds is 6. The molecule has 0 saturated carbocycles. The molecule has 3 aromatic rings. The van der Waals surface area contributed by atoms with E-state index in [4.69, 9.17) is 0 Å². The topological polar surface area (TPSA) is 56.8 Å². The Labute approximate surface area is 223 Å². The van der Waals surface area contributed by atoms with Crippen LogP contribution in [0.1, 0.15) is 51.4 Å². The fourth-order valence-electron chi connectivity index (χ4n) is 5.23. The van der Waals surface area contributed by atoms with Gasteiger partial charge in [0.05, 0.1) is 16.6 Å². The highest BCUT2D eigenvalue weighted by atomic mass is 32.1. The van der Waals surface area contributed by atoms with Gasteiger partial charge in [-0.2, -0.15) is 13.2 Å². The van der Waals surface area contributed by atoms with Gasteiger partial charge in [-0.25, -0.2) is 4.98 Å². The molecule has 2 aliphatic heterocycles. The van der Waals surface area contributed by atoms with Crippen molar-refractivity contribution < 1.29 is 22.8 Å². The third kappa shape index (κ3) is 5.76. The lowest BCUT2D eigenvalue weighted by Crippen LogP contribution is -2.49. The van der Waals surface area contributed by atoms with E-state index in [9.17, 15) is 22.8 Å². The summed E-state index contributed by atoms with van der Waals surface area (Å²) in [7, 11) is 0. The van der Waals surface area contributed by atoms with E-state index in [1.165, 1.54) is 17.4 Å². The number of anilines is 1. The van der Waals surface area contributed by atoms with E-state index in [2.05, 4.69) is 9.88 Å². The lowest BCUT2D eigenvalue weighted by Gasteiger charge is -2.36. The maximum absolute atomic E-state index is 13.1. The molecule has 5 rings (SSSR count). The van der Waals surface area contributed by atoms with Crippen LogP contribution in [0.5, 0.6) is 0 Å². The molecule has 1 aromatic heterocycles. The van der Waals surface area contributed by atoms with Gasteiger partial charge in [-0.15, -0.1) is 11.3 Å². The number of carbonyl (C=O) groups is 2. The first kappa shape index (κ1) is 26.4. The Balaban J connectivity index is 1.15. The zero-order valence-corrected chi connectivity index (χ0v) is 21.6. The van der Waals surface area contributed by atoms with E-state index in [-0.39, 0.29) is 17.9 Å². The Morgan fingerprint density at radius 3 is 2.34 bits per heavy atom. The molecule has 200 valence electrons. The molecule has 2 fully saturated rings. The van der Waals surface area contributed by atoms with Crippen molar-refractivity contribution in [2.24, 2.45) is 0 Å². The van der Waals surface area contributed by atoms with E-state index in [1.807, 2.05) is 35.2 Å². The maximum atomic E-state index is 13.1. The molecule has 38 heavy (non-hydrogen) atoms. The van der Waals surface area contributed by atoms with Crippen LogP contribution in [0.25, 0.3) is 0 Å². The fraction of sp³-hybridized carbons (Fsp3) is 0.393. The molecule has 1 amide bonds. The Morgan fingerprint density at radius 1 is 0.974 bits per heavy atom. The van der Waals surface area contributed by atoms with Gasteiger partial charge < -0.3 is 14.6 Å². The first-order valence-corrected chi connectivity index (χ1v) is 13.6. The normalized spacial score (nSPS) is 18.4. The highest BCUT2D eigenvalue weighted by molar-refractivity contribution is 7.09. The highest BCUT2D eigenvalue weighted by Crippen LogP contribution is 2.34. The lowest BCUT2D eigenvalue weighted by molar-refractivity contribution is -0.137. The first-order chi connectivity index (χ1) is 18.3. The van der Waals surface area contributed by atoms with Crippen LogP contribution < -0.4 is 4.90 Å². The Hall–Kier alpha value is -3.24. The summed E-state index contributed by atoms with van der Waals surface area (Å²) in [6, 6.07) is 14.8. The first-order valence-electron chi connectivity index (χ1n) is 12.7. The van der Waals surface area contributed by atoms with E-state index in [0.29, 0.717) is 37.6 Å². The van der Waals surface area contributed by atoms with Gasteiger partial charge in [0, 0.05) is 43.2 Å². The third-order valence-electron chi connectivity index (χ3n) is 7.39. The van der Waals surface area contributed by atoms with Gasteiger partial charge in [-0.3, -0.25) is 9.69 Å². The number of thiazole rings is 1. The molecule has 0 aliphatic carbocycles. The average molecular weight is 543 g/mol. The van der Waals surface area contributed by atoms with Crippen molar-refractivity contribution in [1.29, 1.82) is 0 Å². The number of aromatic nitrogens is 1. The molecule has 1 atom stereocenters. The molecule has 0 bridgehead atoms. The highest BCUT2D eigenvalue weighted by Gasteiger charge is 2.32. The summed E-state index contributed by atoms with van der Waals surface area (Å²) >= 11 is 1.50. The summed E-state index contributed by atoms with van der Waals surface area (Å²) in [5.41, 5.74) is 1.26. The van der Waals surface area contributed by atoms with Crippen molar-refractivity contribution in [3.05, 3.63) is 81.8 Å².